The summed E-state index contributed by atoms with van der Waals surface area (Å²) >= 11 is 0. The summed E-state index contributed by atoms with van der Waals surface area (Å²) in [5.74, 6) is 0. The zero-order valence-electron chi connectivity index (χ0n) is 9.99. The van der Waals surface area contributed by atoms with Gasteiger partial charge in [-0.1, -0.05) is 20.8 Å². The average molecular weight is 211 g/mol. The van der Waals surface area contributed by atoms with Crippen LogP contribution in [0.5, 0.6) is 0 Å². The fourth-order valence-electron chi connectivity index (χ4n) is 1.65. The summed E-state index contributed by atoms with van der Waals surface area (Å²) in [4.78, 5) is 0. The smallest absolute Gasteiger partial charge is 0.0835 e. The van der Waals surface area contributed by atoms with Crippen LogP contribution < -0.4 is 5.73 Å². The number of aliphatic hydroxyl groups excluding tert-OH is 1. The molecule has 0 bridgehead atoms. The quantitative estimate of drug-likeness (QED) is 0.787. The topological polar surface area (TPSA) is 64.1 Å². The normalized spacial score (nSPS) is 14.3. The summed E-state index contributed by atoms with van der Waals surface area (Å²) in [6.07, 6.45) is 1.95. The molecule has 0 aliphatic rings. The minimum atomic E-state index is -0.502. The van der Waals surface area contributed by atoms with Crippen molar-refractivity contribution < 1.29 is 5.11 Å². The van der Waals surface area contributed by atoms with E-state index in [4.69, 9.17) is 5.73 Å². The minimum absolute atomic E-state index is 0.0494. The first-order valence-electron chi connectivity index (χ1n) is 5.28. The molecule has 15 heavy (non-hydrogen) atoms. The molecule has 0 spiro atoms. The van der Waals surface area contributed by atoms with E-state index >= 15 is 0 Å². The second kappa shape index (κ2) is 4.33. The van der Waals surface area contributed by atoms with Gasteiger partial charge in [0.15, 0.2) is 0 Å². The molecule has 1 unspecified atom stereocenters. The van der Waals surface area contributed by atoms with Crippen molar-refractivity contribution in [3.63, 3.8) is 0 Å². The van der Waals surface area contributed by atoms with Crippen molar-refractivity contribution >= 4 is 0 Å². The number of hydrogen-bond acceptors (Lipinski definition) is 3. The second-order valence-electron chi connectivity index (χ2n) is 4.95. The number of nitrogens with two attached hydrogens (primary N) is 1. The summed E-state index contributed by atoms with van der Waals surface area (Å²) in [7, 11) is 1.87. The van der Waals surface area contributed by atoms with Gasteiger partial charge in [-0.25, -0.2) is 0 Å². The van der Waals surface area contributed by atoms with Crippen LogP contribution in [0.25, 0.3) is 0 Å². The van der Waals surface area contributed by atoms with E-state index in [1.807, 2.05) is 13.2 Å². The van der Waals surface area contributed by atoms with E-state index in [-0.39, 0.29) is 5.41 Å². The SMILES string of the molecule is Cn1cc(C(O)CCN)c(C(C)(C)C)n1. The first-order chi connectivity index (χ1) is 6.86. The van der Waals surface area contributed by atoms with Gasteiger partial charge in [-0.05, 0) is 13.0 Å². The standard InChI is InChI=1S/C11H21N3O/c1-11(2,3)10-8(7-14(4)13-10)9(15)5-6-12/h7,9,15H,5-6,12H2,1-4H3. The van der Waals surface area contributed by atoms with Crippen LogP contribution in [0.2, 0.25) is 0 Å². The lowest BCUT2D eigenvalue weighted by molar-refractivity contribution is 0.168. The van der Waals surface area contributed by atoms with Crippen molar-refractivity contribution in [1.29, 1.82) is 0 Å². The highest BCUT2D eigenvalue weighted by molar-refractivity contribution is 5.26. The van der Waals surface area contributed by atoms with E-state index in [1.165, 1.54) is 0 Å². The summed E-state index contributed by atoms with van der Waals surface area (Å²) < 4.78 is 1.75. The number of hydrogen-bond donors (Lipinski definition) is 2. The fourth-order valence-corrected chi connectivity index (χ4v) is 1.65. The molecule has 1 heterocycles. The Morgan fingerprint density at radius 3 is 2.60 bits per heavy atom. The Kier molecular flexibility index (Phi) is 3.52. The van der Waals surface area contributed by atoms with Crippen LogP contribution in [0.4, 0.5) is 0 Å². The highest BCUT2D eigenvalue weighted by Crippen LogP contribution is 2.29. The maximum absolute atomic E-state index is 9.94. The van der Waals surface area contributed by atoms with Gasteiger partial charge >= 0.3 is 0 Å². The van der Waals surface area contributed by atoms with Crippen LogP contribution in [0.15, 0.2) is 6.20 Å². The Labute approximate surface area is 91.1 Å². The Hall–Kier alpha value is -0.870. The molecule has 86 valence electrons. The fraction of sp³-hybridized carbons (Fsp3) is 0.727. The largest absolute Gasteiger partial charge is 0.388 e. The van der Waals surface area contributed by atoms with E-state index in [1.54, 1.807) is 4.68 Å². The maximum Gasteiger partial charge on any atom is 0.0835 e. The highest BCUT2D eigenvalue weighted by atomic mass is 16.3. The molecule has 1 aromatic rings. The third-order valence-electron chi connectivity index (χ3n) is 2.37. The Morgan fingerprint density at radius 2 is 2.13 bits per heavy atom. The summed E-state index contributed by atoms with van der Waals surface area (Å²) in [5, 5.41) is 14.3. The van der Waals surface area contributed by atoms with Crippen molar-refractivity contribution in [2.45, 2.75) is 38.7 Å². The summed E-state index contributed by atoms with van der Waals surface area (Å²) in [6, 6.07) is 0. The van der Waals surface area contributed by atoms with Crippen molar-refractivity contribution in [3.8, 4) is 0 Å². The van der Waals surface area contributed by atoms with Crippen molar-refractivity contribution in [1.82, 2.24) is 9.78 Å². The summed E-state index contributed by atoms with van der Waals surface area (Å²) in [5.41, 5.74) is 7.24. The van der Waals surface area contributed by atoms with Crippen molar-refractivity contribution in [2.75, 3.05) is 6.54 Å². The Balaban J connectivity index is 3.06. The molecular formula is C11H21N3O. The molecule has 1 atom stereocenters. The average Bonchev–Trinajstić information content (AvgIpc) is 2.47. The van der Waals surface area contributed by atoms with Gasteiger partial charge in [-0.3, -0.25) is 4.68 Å². The predicted molar refractivity (Wildman–Crippen MR) is 60.5 cm³/mol. The Bertz CT molecular complexity index is 325. The van der Waals surface area contributed by atoms with Crippen LogP contribution in [-0.4, -0.2) is 21.4 Å². The molecule has 3 N–H and O–H groups in total. The first kappa shape index (κ1) is 12.2. The molecular weight excluding hydrogens is 190 g/mol. The maximum atomic E-state index is 9.94. The van der Waals surface area contributed by atoms with Crippen LogP contribution in [0.1, 0.15) is 44.6 Å². The van der Waals surface area contributed by atoms with Gasteiger partial charge in [0, 0.05) is 24.2 Å². The molecule has 1 aromatic heterocycles. The van der Waals surface area contributed by atoms with E-state index in [0.29, 0.717) is 13.0 Å². The van der Waals surface area contributed by atoms with Crippen LogP contribution in [0.3, 0.4) is 0 Å². The number of rotatable bonds is 3. The van der Waals surface area contributed by atoms with Gasteiger partial charge in [-0.2, -0.15) is 5.10 Å². The van der Waals surface area contributed by atoms with Crippen LogP contribution in [0, 0.1) is 0 Å². The predicted octanol–water partition coefficient (Wildman–Crippen LogP) is 1.10. The molecule has 4 heteroatoms. The molecule has 0 saturated heterocycles. The molecule has 0 aliphatic heterocycles. The number of aliphatic hydroxyl groups is 1. The first-order valence-corrected chi connectivity index (χ1v) is 5.28. The van der Waals surface area contributed by atoms with Gasteiger partial charge in [0.25, 0.3) is 0 Å². The number of aryl methyl sites for hydroxylation is 1. The van der Waals surface area contributed by atoms with E-state index in [2.05, 4.69) is 25.9 Å². The van der Waals surface area contributed by atoms with Gasteiger partial charge < -0.3 is 10.8 Å². The van der Waals surface area contributed by atoms with Gasteiger partial charge in [0.05, 0.1) is 11.8 Å². The summed E-state index contributed by atoms with van der Waals surface area (Å²) in [6.45, 7) is 6.76. The third-order valence-corrected chi connectivity index (χ3v) is 2.37. The molecule has 0 aromatic carbocycles. The number of aromatic nitrogens is 2. The molecule has 0 saturated carbocycles. The lowest BCUT2D eigenvalue weighted by Gasteiger charge is -2.19. The molecule has 0 radical (unpaired) electrons. The second-order valence-corrected chi connectivity index (χ2v) is 4.95. The van der Waals surface area contributed by atoms with Gasteiger partial charge in [0.1, 0.15) is 0 Å². The van der Waals surface area contributed by atoms with E-state index < -0.39 is 6.10 Å². The van der Waals surface area contributed by atoms with Crippen molar-refractivity contribution in [2.24, 2.45) is 12.8 Å². The highest BCUT2D eigenvalue weighted by Gasteiger charge is 2.25. The van der Waals surface area contributed by atoms with Gasteiger partial charge in [-0.15, -0.1) is 0 Å². The molecule has 1 rings (SSSR count). The number of nitrogens with zero attached hydrogens (tertiary/aromatic N) is 2. The van der Waals surface area contributed by atoms with Crippen molar-refractivity contribution in [3.05, 3.63) is 17.5 Å². The minimum Gasteiger partial charge on any atom is -0.388 e. The van der Waals surface area contributed by atoms with Gasteiger partial charge in [0.2, 0.25) is 0 Å². The molecule has 4 nitrogen and oxygen atoms in total. The van der Waals surface area contributed by atoms with E-state index in [0.717, 1.165) is 11.3 Å². The van der Waals surface area contributed by atoms with E-state index in [9.17, 15) is 5.11 Å². The monoisotopic (exact) mass is 211 g/mol. The molecule has 0 amide bonds. The van der Waals surface area contributed by atoms with Crippen LogP contribution >= 0.6 is 0 Å². The zero-order chi connectivity index (χ0) is 11.6. The molecule has 0 aliphatic carbocycles. The molecule has 0 fully saturated rings. The third kappa shape index (κ3) is 2.79. The van der Waals surface area contributed by atoms with Crippen LogP contribution in [-0.2, 0) is 12.5 Å². The zero-order valence-corrected chi connectivity index (χ0v) is 9.99. The lowest BCUT2D eigenvalue weighted by atomic mass is 9.87. The lowest BCUT2D eigenvalue weighted by Crippen LogP contribution is -2.17. The Morgan fingerprint density at radius 1 is 1.53 bits per heavy atom.